The zero-order valence-corrected chi connectivity index (χ0v) is 14.2. The molecule has 6 heteroatoms. The number of rotatable bonds is 6. The molecule has 3 aromatic rings. The van der Waals surface area contributed by atoms with E-state index < -0.39 is 0 Å². The van der Waals surface area contributed by atoms with Gasteiger partial charge in [-0.15, -0.1) is 0 Å². The summed E-state index contributed by atoms with van der Waals surface area (Å²) in [6.07, 6.45) is 6.62. The van der Waals surface area contributed by atoms with Gasteiger partial charge in [-0.05, 0) is 36.8 Å². The Morgan fingerprint density at radius 2 is 2.04 bits per heavy atom. The maximum atomic E-state index is 12.3. The minimum absolute atomic E-state index is 0.110. The van der Waals surface area contributed by atoms with Crippen molar-refractivity contribution in [2.24, 2.45) is 0 Å². The lowest BCUT2D eigenvalue weighted by atomic mass is 10.2. The summed E-state index contributed by atoms with van der Waals surface area (Å²) in [4.78, 5) is 16.2. The van der Waals surface area contributed by atoms with Gasteiger partial charge in [-0.2, -0.15) is 0 Å². The van der Waals surface area contributed by atoms with E-state index in [4.69, 9.17) is 10.5 Å². The van der Waals surface area contributed by atoms with Gasteiger partial charge in [0.2, 0.25) is 0 Å². The lowest BCUT2D eigenvalue weighted by Crippen LogP contribution is -2.28. The topological polar surface area (TPSA) is 82.2 Å². The zero-order chi connectivity index (χ0) is 17.6. The molecule has 0 atom stereocenters. The van der Waals surface area contributed by atoms with Crippen LogP contribution in [0.15, 0.2) is 48.8 Å². The number of nitrogens with two attached hydrogens (primary N) is 1. The average Bonchev–Trinajstić information content (AvgIpc) is 3.02. The Morgan fingerprint density at radius 1 is 1.20 bits per heavy atom. The lowest BCUT2D eigenvalue weighted by molar-refractivity contribution is 0.243. The van der Waals surface area contributed by atoms with Gasteiger partial charge in [0.15, 0.2) is 0 Å². The first-order valence-corrected chi connectivity index (χ1v) is 8.46. The largest absolute Gasteiger partial charge is 0.457 e. The Hall–Kier alpha value is -3.02. The van der Waals surface area contributed by atoms with Crippen molar-refractivity contribution in [1.29, 1.82) is 0 Å². The van der Waals surface area contributed by atoms with Crippen LogP contribution in [0, 0.1) is 0 Å². The fourth-order valence-corrected chi connectivity index (χ4v) is 2.64. The van der Waals surface area contributed by atoms with Crippen LogP contribution in [-0.2, 0) is 0 Å². The molecule has 1 amide bonds. The van der Waals surface area contributed by atoms with Gasteiger partial charge in [-0.3, -0.25) is 4.57 Å². The van der Waals surface area contributed by atoms with E-state index in [2.05, 4.69) is 17.2 Å². The van der Waals surface area contributed by atoms with Crippen LogP contribution in [0.4, 0.5) is 10.6 Å². The molecule has 0 unspecified atom stereocenters. The summed E-state index contributed by atoms with van der Waals surface area (Å²) in [5.41, 5.74) is 6.50. The summed E-state index contributed by atoms with van der Waals surface area (Å²) in [5.74, 6) is 1.71. The average molecular weight is 338 g/mol. The van der Waals surface area contributed by atoms with Crippen LogP contribution in [0.2, 0.25) is 0 Å². The fraction of sp³-hybridized carbons (Fsp3) is 0.263. The number of amides is 1. The number of carbonyl (C=O) groups is 1. The number of carbonyl (C=O) groups excluding carboxylic acids is 1. The second-order valence-electron chi connectivity index (χ2n) is 5.86. The molecule has 0 radical (unpaired) electrons. The molecule has 0 saturated carbocycles. The van der Waals surface area contributed by atoms with Crippen LogP contribution in [0.1, 0.15) is 26.2 Å². The highest BCUT2D eigenvalue weighted by molar-refractivity contribution is 5.92. The highest BCUT2D eigenvalue weighted by Crippen LogP contribution is 2.26. The minimum atomic E-state index is -0.110. The van der Waals surface area contributed by atoms with Crippen LogP contribution in [0.25, 0.3) is 10.9 Å². The van der Waals surface area contributed by atoms with E-state index >= 15 is 0 Å². The highest BCUT2D eigenvalue weighted by atomic mass is 16.5. The number of fused-ring (bicyclic) bond motifs is 1. The predicted octanol–water partition coefficient (Wildman–Crippen LogP) is 4.16. The van der Waals surface area contributed by atoms with E-state index in [-0.39, 0.29) is 6.03 Å². The second-order valence-corrected chi connectivity index (χ2v) is 5.86. The smallest absolute Gasteiger partial charge is 0.326 e. The molecule has 1 aromatic carbocycles. The number of nitrogens with one attached hydrogen (secondary N) is 1. The van der Waals surface area contributed by atoms with Crippen LogP contribution in [0.5, 0.6) is 11.5 Å². The van der Waals surface area contributed by atoms with Crippen LogP contribution < -0.4 is 15.8 Å². The molecule has 0 saturated heterocycles. The van der Waals surface area contributed by atoms with Gasteiger partial charge in [0.05, 0.1) is 5.52 Å². The van der Waals surface area contributed by atoms with Crippen molar-refractivity contribution in [1.82, 2.24) is 14.9 Å². The molecular formula is C19H22N4O2. The summed E-state index contributed by atoms with van der Waals surface area (Å²) >= 11 is 0. The van der Waals surface area contributed by atoms with Crippen molar-refractivity contribution < 1.29 is 9.53 Å². The van der Waals surface area contributed by atoms with E-state index in [0.29, 0.717) is 23.9 Å². The number of unbranched alkanes of at least 4 members (excludes halogenated alkanes) is 2. The number of hydrogen-bond acceptors (Lipinski definition) is 4. The van der Waals surface area contributed by atoms with E-state index in [0.717, 1.165) is 30.2 Å². The SMILES string of the molecule is CCCCCNC(=O)n1ccc2cc(Oc3ccnc(N)c3)ccc21. The molecule has 2 aromatic heterocycles. The number of pyridine rings is 1. The first kappa shape index (κ1) is 16.8. The number of nitrogens with zero attached hydrogens (tertiary/aromatic N) is 2. The van der Waals surface area contributed by atoms with Crippen molar-refractivity contribution in [2.45, 2.75) is 26.2 Å². The summed E-state index contributed by atoms with van der Waals surface area (Å²) in [5, 5.41) is 3.88. The molecule has 2 heterocycles. The Morgan fingerprint density at radius 3 is 2.84 bits per heavy atom. The van der Waals surface area contributed by atoms with Gasteiger partial charge < -0.3 is 15.8 Å². The molecule has 6 nitrogen and oxygen atoms in total. The van der Waals surface area contributed by atoms with Crippen LogP contribution >= 0.6 is 0 Å². The number of aromatic nitrogens is 2. The third-order valence-corrected chi connectivity index (χ3v) is 3.93. The standard InChI is InChI=1S/C19H22N4O2/c1-2-3-4-9-22-19(24)23-11-8-14-12-15(5-6-17(14)23)25-16-7-10-21-18(20)13-16/h5-8,10-13H,2-4,9H2,1H3,(H2,20,21)(H,22,24). The molecule has 130 valence electrons. The van der Waals surface area contributed by atoms with E-state index in [1.54, 1.807) is 29.1 Å². The van der Waals surface area contributed by atoms with Crippen LogP contribution in [-0.4, -0.2) is 22.1 Å². The number of nitrogen functional groups attached to an aromatic ring is 1. The van der Waals surface area contributed by atoms with Gasteiger partial charge in [-0.25, -0.2) is 9.78 Å². The molecule has 3 rings (SSSR count). The van der Waals surface area contributed by atoms with Crippen molar-refractivity contribution in [3.05, 3.63) is 48.8 Å². The van der Waals surface area contributed by atoms with Crippen molar-refractivity contribution in [3.8, 4) is 11.5 Å². The van der Waals surface area contributed by atoms with Gasteiger partial charge in [-0.1, -0.05) is 19.8 Å². The first-order valence-electron chi connectivity index (χ1n) is 8.46. The second kappa shape index (κ2) is 7.70. The molecule has 0 spiro atoms. The monoisotopic (exact) mass is 338 g/mol. The molecular weight excluding hydrogens is 316 g/mol. The normalized spacial score (nSPS) is 10.8. The van der Waals surface area contributed by atoms with E-state index in [1.807, 2.05) is 24.3 Å². The van der Waals surface area contributed by atoms with Gasteiger partial charge in [0.1, 0.15) is 17.3 Å². The molecule has 25 heavy (non-hydrogen) atoms. The summed E-state index contributed by atoms with van der Waals surface area (Å²) in [7, 11) is 0. The van der Waals surface area contributed by atoms with Crippen molar-refractivity contribution in [2.75, 3.05) is 12.3 Å². The first-order chi connectivity index (χ1) is 12.2. The van der Waals surface area contributed by atoms with Gasteiger partial charge in [0.25, 0.3) is 0 Å². The minimum Gasteiger partial charge on any atom is -0.457 e. The number of anilines is 1. The third kappa shape index (κ3) is 4.09. The predicted molar refractivity (Wildman–Crippen MR) is 99.0 cm³/mol. The fourth-order valence-electron chi connectivity index (χ4n) is 2.64. The van der Waals surface area contributed by atoms with E-state index in [9.17, 15) is 4.79 Å². The molecule has 0 aliphatic rings. The molecule has 0 aliphatic carbocycles. The summed E-state index contributed by atoms with van der Waals surface area (Å²) < 4.78 is 7.42. The summed E-state index contributed by atoms with van der Waals surface area (Å²) in [6.45, 7) is 2.83. The van der Waals surface area contributed by atoms with Crippen LogP contribution in [0.3, 0.4) is 0 Å². The Labute approximate surface area is 146 Å². The maximum Gasteiger partial charge on any atom is 0.326 e. The summed E-state index contributed by atoms with van der Waals surface area (Å²) in [6, 6.07) is 10.8. The molecule has 0 fully saturated rings. The van der Waals surface area contributed by atoms with Gasteiger partial charge in [0, 0.05) is 30.4 Å². The zero-order valence-electron chi connectivity index (χ0n) is 14.2. The number of benzene rings is 1. The van der Waals surface area contributed by atoms with E-state index in [1.165, 1.54) is 0 Å². The Kier molecular flexibility index (Phi) is 5.18. The highest BCUT2D eigenvalue weighted by Gasteiger charge is 2.09. The Balaban J connectivity index is 1.73. The Bertz CT molecular complexity index is 873. The van der Waals surface area contributed by atoms with Gasteiger partial charge >= 0.3 is 6.03 Å². The quantitative estimate of drug-likeness (QED) is 0.661. The molecule has 0 bridgehead atoms. The van der Waals surface area contributed by atoms with Crippen molar-refractivity contribution in [3.63, 3.8) is 0 Å². The maximum absolute atomic E-state index is 12.3. The lowest BCUT2D eigenvalue weighted by Gasteiger charge is -2.08. The van der Waals surface area contributed by atoms with Crippen molar-refractivity contribution >= 4 is 22.8 Å². The number of hydrogen-bond donors (Lipinski definition) is 2. The number of ether oxygens (including phenoxy) is 1. The third-order valence-electron chi connectivity index (χ3n) is 3.93. The molecule has 0 aliphatic heterocycles. The molecule has 3 N–H and O–H groups in total.